The molecule has 1 heterocycles. The van der Waals surface area contributed by atoms with Crippen molar-refractivity contribution in [2.45, 2.75) is 38.3 Å². The molecule has 20 heavy (non-hydrogen) atoms. The van der Waals surface area contributed by atoms with E-state index >= 15 is 0 Å². The van der Waals surface area contributed by atoms with E-state index in [1.807, 2.05) is 0 Å². The molecule has 0 saturated carbocycles. The van der Waals surface area contributed by atoms with Crippen LogP contribution in [0.5, 0.6) is 0 Å². The molecule has 1 N–H and O–H groups in total. The maximum absolute atomic E-state index is 11.1. The number of hydrogen-bond acceptors (Lipinski definition) is 3. The average molecular weight is 294 g/mol. The average Bonchev–Trinajstić information content (AvgIpc) is 2.47. The third-order valence-electron chi connectivity index (χ3n) is 3.97. The van der Waals surface area contributed by atoms with Crippen molar-refractivity contribution in [1.29, 1.82) is 0 Å². The van der Waals surface area contributed by atoms with Crippen LogP contribution in [0.1, 0.15) is 26.2 Å². The van der Waals surface area contributed by atoms with Crippen LogP contribution < -0.4 is 10.2 Å². The molecule has 112 valence electrons. The standard InChI is InChI=1S/C16H26N2OS/c1-14(10-13-20(2)19)17-15-8-11-18(12-9-15)16-6-4-3-5-7-16/h3-7,14-15,17H,8-13H2,1-2H3. The van der Waals surface area contributed by atoms with Crippen molar-refractivity contribution in [1.82, 2.24) is 5.32 Å². The van der Waals surface area contributed by atoms with Gasteiger partial charge in [0.25, 0.3) is 0 Å². The molecule has 1 aromatic carbocycles. The Morgan fingerprint density at radius 1 is 1.30 bits per heavy atom. The number of rotatable bonds is 6. The molecule has 2 atom stereocenters. The van der Waals surface area contributed by atoms with Crippen molar-refractivity contribution in [3.8, 4) is 0 Å². The second-order valence-electron chi connectivity index (χ2n) is 5.73. The molecule has 1 saturated heterocycles. The molecule has 1 aromatic rings. The number of hydrogen-bond donors (Lipinski definition) is 1. The van der Waals surface area contributed by atoms with Gasteiger partial charge in [-0.05, 0) is 38.3 Å². The second kappa shape index (κ2) is 7.79. The van der Waals surface area contributed by atoms with Gasteiger partial charge in [-0.25, -0.2) is 0 Å². The molecule has 0 radical (unpaired) electrons. The summed E-state index contributed by atoms with van der Waals surface area (Å²) in [6.07, 6.45) is 5.16. The van der Waals surface area contributed by atoms with E-state index in [0.29, 0.717) is 12.1 Å². The molecule has 0 aromatic heterocycles. The molecule has 1 fully saturated rings. The molecule has 0 amide bonds. The van der Waals surface area contributed by atoms with E-state index in [1.54, 1.807) is 6.26 Å². The highest BCUT2D eigenvalue weighted by molar-refractivity contribution is 7.84. The van der Waals surface area contributed by atoms with Crippen LogP contribution in [-0.4, -0.2) is 41.4 Å². The number of anilines is 1. The van der Waals surface area contributed by atoms with Crippen LogP contribution in [0.4, 0.5) is 5.69 Å². The van der Waals surface area contributed by atoms with E-state index in [-0.39, 0.29) is 0 Å². The zero-order chi connectivity index (χ0) is 14.4. The van der Waals surface area contributed by atoms with E-state index in [1.165, 1.54) is 18.5 Å². The van der Waals surface area contributed by atoms with E-state index in [4.69, 9.17) is 0 Å². The molecule has 0 bridgehead atoms. The lowest BCUT2D eigenvalue weighted by Gasteiger charge is -2.35. The van der Waals surface area contributed by atoms with Crippen LogP contribution in [0, 0.1) is 0 Å². The van der Waals surface area contributed by atoms with E-state index in [0.717, 1.165) is 25.3 Å². The lowest BCUT2D eigenvalue weighted by molar-refractivity contribution is 0.372. The molecule has 3 nitrogen and oxygen atoms in total. The minimum atomic E-state index is -0.672. The highest BCUT2D eigenvalue weighted by Crippen LogP contribution is 2.19. The van der Waals surface area contributed by atoms with Gasteiger partial charge >= 0.3 is 0 Å². The number of para-hydroxylation sites is 1. The topological polar surface area (TPSA) is 32.3 Å². The van der Waals surface area contributed by atoms with Gasteiger partial charge in [0.05, 0.1) is 0 Å². The van der Waals surface area contributed by atoms with E-state index in [9.17, 15) is 4.21 Å². The van der Waals surface area contributed by atoms with Crippen LogP contribution in [0.15, 0.2) is 30.3 Å². The van der Waals surface area contributed by atoms with E-state index in [2.05, 4.69) is 47.5 Å². The van der Waals surface area contributed by atoms with Crippen LogP contribution in [0.25, 0.3) is 0 Å². The van der Waals surface area contributed by atoms with Crippen LogP contribution >= 0.6 is 0 Å². The minimum Gasteiger partial charge on any atom is -0.371 e. The zero-order valence-corrected chi connectivity index (χ0v) is 13.4. The molecule has 0 spiro atoms. The fourth-order valence-corrected chi connectivity index (χ4v) is 3.46. The normalized spacial score (nSPS) is 19.8. The lowest BCUT2D eigenvalue weighted by atomic mass is 10.0. The van der Waals surface area contributed by atoms with Crippen LogP contribution in [0.2, 0.25) is 0 Å². The summed E-state index contributed by atoms with van der Waals surface area (Å²) in [6.45, 7) is 4.44. The smallest absolute Gasteiger partial charge is 0.0366 e. The van der Waals surface area contributed by atoms with Gasteiger partial charge in [0.2, 0.25) is 0 Å². The van der Waals surface area contributed by atoms with Crippen molar-refractivity contribution < 1.29 is 4.21 Å². The Morgan fingerprint density at radius 2 is 1.95 bits per heavy atom. The molecule has 2 unspecified atom stereocenters. The third-order valence-corrected chi connectivity index (χ3v) is 4.79. The summed E-state index contributed by atoms with van der Waals surface area (Å²) in [5.74, 6) is 0.803. The summed E-state index contributed by atoms with van der Waals surface area (Å²) in [7, 11) is -0.672. The van der Waals surface area contributed by atoms with Crippen molar-refractivity contribution in [3.63, 3.8) is 0 Å². The predicted molar refractivity (Wildman–Crippen MR) is 87.8 cm³/mol. The Kier molecular flexibility index (Phi) is 6.05. The second-order valence-corrected chi connectivity index (χ2v) is 7.29. The summed E-state index contributed by atoms with van der Waals surface area (Å²) in [4.78, 5) is 2.46. The predicted octanol–water partition coefficient (Wildman–Crippen LogP) is 2.40. The Balaban J connectivity index is 1.73. The Labute approximate surface area is 125 Å². The Morgan fingerprint density at radius 3 is 2.55 bits per heavy atom. The van der Waals surface area contributed by atoms with Gasteiger partial charge in [-0.1, -0.05) is 18.2 Å². The fraction of sp³-hybridized carbons (Fsp3) is 0.625. The first-order valence-corrected chi connectivity index (χ1v) is 9.24. The molecule has 0 aliphatic carbocycles. The van der Waals surface area contributed by atoms with Crippen molar-refractivity contribution in [3.05, 3.63) is 30.3 Å². The van der Waals surface area contributed by atoms with Crippen LogP contribution in [-0.2, 0) is 10.8 Å². The minimum absolute atomic E-state index is 0.465. The fourth-order valence-electron chi connectivity index (χ4n) is 2.77. The molecular formula is C16H26N2OS. The third kappa shape index (κ3) is 4.91. The van der Waals surface area contributed by atoms with Gasteiger partial charge < -0.3 is 10.2 Å². The monoisotopic (exact) mass is 294 g/mol. The molecule has 1 aliphatic heterocycles. The maximum Gasteiger partial charge on any atom is 0.0366 e. The zero-order valence-electron chi connectivity index (χ0n) is 12.5. The van der Waals surface area contributed by atoms with Gasteiger partial charge in [-0.15, -0.1) is 0 Å². The van der Waals surface area contributed by atoms with Gasteiger partial charge in [-0.3, -0.25) is 4.21 Å². The SMILES string of the molecule is CC(CCS(C)=O)NC1CCN(c2ccccc2)CC1. The van der Waals surface area contributed by atoms with Gasteiger partial charge in [-0.2, -0.15) is 0 Å². The maximum atomic E-state index is 11.1. The summed E-state index contributed by atoms with van der Waals surface area (Å²) in [6, 6.07) is 11.7. The Bertz CT molecular complexity index is 416. The first kappa shape index (κ1) is 15.5. The summed E-state index contributed by atoms with van der Waals surface area (Å²) < 4.78 is 11.1. The quantitative estimate of drug-likeness (QED) is 0.874. The highest BCUT2D eigenvalue weighted by atomic mass is 32.2. The number of piperidine rings is 1. The van der Waals surface area contributed by atoms with Crippen molar-refractivity contribution in [2.75, 3.05) is 30.0 Å². The van der Waals surface area contributed by atoms with Crippen molar-refractivity contribution in [2.24, 2.45) is 0 Å². The number of nitrogens with one attached hydrogen (secondary N) is 1. The molecular weight excluding hydrogens is 268 g/mol. The number of nitrogens with zero attached hydrogens (tertiary/aromatic N) is 1. The first-order chi connectivity index (χ1) is 9.65. The summed E-state index contributed by atoms with van der Waals surface area (Å²) >= 11 is 0. The van der Waals surface area contributed by atoms with Crippen LogP contribution in [0.3, 0.4) is 0 Å². The molecule has 1 aliphatic rings. The molecule has 4 heteroatoms. The Hall–Kier alpha value is -0.870. The van der Waals surface area contributed by atoms with Gasteiger partial charge in [0, 0.05) is 53.7 Å². The largest absolute Gasteiger partial charge is 0.371 e. The van der Waals surface area contributed by atoms with Crippen molar-refractivity contribution >= 4 is 16.5 Å². The lowest BCUT2D eigenvalue weighted by Crippen LogP contribution is -2.45. The highest BCUT2D eigenvalue weighted by Gasteiger charge is 2.20. The van der Waals surface area contributed by atoms with Gasteiger partial charge in [0.1, 0.15) is 0 Å². The summed E-state index contributed by atoms with van der Waals surface area (Å²) in [5.41, 5.74) is 1.33. The van der Waals surface area contributed by atoms with E-state index < -0.39 is 10.8 Å². The molecule has 2 rings (SSSR count). The van der Waals surface area contributed by atoms with Gasteiger partial charge in [0.15, 0.2) is 0 Å². The number of benzene rings is 1. The summed E-state index contributed by atoms with van der Waals surface area (Å²) in [5, 5.41) is 3.69. The first-order valence-electron chi connectivity index (χ1n) is 7.51.